The number of rotatable bonds is 3. The number of pyridine rings is 1. The van der Waals surface area contributed by atoms with Gasteiger partial charge in [-0.15, -0.1) is 0 Å². The van der Waals surface area contributed by atoms with Gasteiger partial charge in [0.15, 0.2) is 0 Å². The number of aliphatic hydroxyl groups is 1. The molecule has 2 N–H and O–H groups in total. The molecule has 4 nitrogen and oxygen atoms in total. The lowest BCUT2D eigenvalue weighted by Gasteiger charge is -2.25. The highest BCUT2D eigenvalue weighted by Gasteiger charge is 2.39. The van der Waals surface area contributed by atoms with Crippen molar-refractivity contribution in [2.45, 2.75) is 39.0 Å². The number of nitrogens with one attached hydrogen (secondary N) is 1. The highest BCUT2D eigenvalue weighted by molar-refractivity contribution is 5.94. The molecule has 1 aliphatic rings. The molecule has 106 valence electrons. The fourth-order valence-electron chi connectivity index (χ4n) is 2.76. The fourth-order valence-corrected chi connectivity index (χ4v) is 2.76. The Morgan fingerprint density at radius 1 is 1.50 bits per heavy atom. The molecule has 0 atom stereocenters. The van der Waals surface area contributed by atoms with Crippen LogP contribution < -0.4 is 5.32 Å². The van der Waals surface area contributed by atoms with Crippen molar-refractivity contribution in [3.63, 3.8) is 0 Å². The molecule has 0 spiro atoms. The summed E-state index contributed by atoms with van der Waals surface area (Å²) in [4.78, 5) is 16.6. The normalized spacial score (nSPS) is 16.3. The second kappa shape index (κ2) is 6.53. The number of hydrogen-bond donors (Lipinski definition) is 2. The lowest BCUT2D eigenvalue weighted by Crippen LogP contribution is -2.33. The van der Waals surface area contributed by atoms with Crippen LogP contribution in [0.1, 0.15) is 44.6 Å². The largest absolute Gasteiger partial charge is 0.384 e. The molecule has 0 unspecified atom stereocenters. The fraction of sp³-hybridized carbons (Fsp3) is 0.500. The van der Waals surface area contributed by atoms with Crippen molar-refractivity contribution in [1.29, 1.82) is 0 Å². The first-order valence-electron chi connectivity index (χ1n) is 7.07. The van der Waals surface area contributed by atoms with E-state index in [0.717, 1.165) is 37.7 Å². The number of anilines is 1. The predicted octanol–water partition coefficient (Wildman–Crippen LogP) is 2.33. The molecule has 1 aliphatic carbocycles. The third-order valence-electron chi connectivity index (χ3n) is 4.03. The van der Waals surface area contributed by atoms with Crippen LogP contribution in [0.15, 0.2) is 18.3 Å². The molecule has 0 radical (unpaired) electrons. The van der Waals surface area contributed by atoms with Crippen LogP contribution in [-0.2, 0) is 4.79 Å². The first-order valence-corrected chi connectivity index (χ1v) is 7.07. The summed E-state index contributed by atoms with van der Waals surface area (Å²) >= 11 is 0. The molecule has 1 aromatic rings. The number of carbonyl (C=O) groups excluding carboxylic acids is 1. The third-order valence-corrected chi connectivity index (χ3v) is 4.03. The molecule has 1 fully saturated rings. The maximum absolute atomic E-state index is 12.5. The summed E-state index contributed by atoms with van der Waals surface area (Å²) in [7, 11) is 0. The Morgan fingerprint density at radius 2 is 2.25 bits per heavy atom. The maximum atomic E-state index is 12.5. The summed E-state index contributed by atoms with van der Waals surface area (Å²) in [6.45, 7) is 1.89. The molecule has 1 heterocycles. The van der Waals surface area contributed by atoms with Crippen molar-refractivity contribution >= 4 is 11.7 Å². The van der Waals surface area contributed by atoms with Gasteiger partial charge in [0.05, 0.1) is 0 Å². The zero-order chi connectivity index (χ0) is 14.4. The predicted molar refractivity (Wildman–Crippen MR) is 78.0 cm³/mol. The standard InChI is InChI=1S/C16H20N2O2/c1-2-16(8-3-4-9-16)15(20)18-14-12-13(6-5-11-19)7-10-17-14/h7,10,12,19H,2-4,8-9,11H2,1H3,(H,17,18,20). The summed E-state index contributed by atoms with van der Waals surface area (Å²) in [6.07, 6.45) is 6.64. The van der Waals surface area contributed by atoms with Crippen LogP contribution in [0, 0.1) is 17.3 Å². The summed E-state index contributed by atoms with van der Waals surface area (Å²) in [5.74, 6) is 5.99. The lowest BCUT2D eigenvalue weighted by atomic mass is 9.82. The molecule has 2 rings (SSSR count). The molecule has 1 saturated carbocycles. The number of carbonyl (C=O) groups is 1. The maximum Gasteiger partial charge on any atom is 0.231 e. The molecule has 4 heteroatoms. The Hall–Kier alpha value is -1.86. The van der Waals surface area contributed by atoms with E-state index in [1.807, 2.05) is 0 Å². The summed E-state index contributed by atoms with van der Waals surface area (Å²) in [5.41, 5.74) is 0.510. The van der Waals surface area contributed by atoms with E-state index in [1.54, 1.807) is 18.3 Å². The van der Waals surface area contributed by atoms with Gasteiger partial charge in [0.1, 0.15) is 12.4 Å². The Balaban J connectivity index is 2.11. The quantitative estimate of drug-likeness (QED) is 0.830. The first-order chi connectivity index (χ1) is 9.70. The monoisotopic (exact) mass is 272 g/mol. The zero-order valence-electron chi connectivity index (χ0n) is 11.8. The minimum atomic E-state index is -0.228. The number of aliphatic hydroxyl groups excluding tert-OH is 1. The highest BCUT2D eigenvalue weighted by atomic mass is 16.2. The van der Waals surface area contributed by atoms with Crippen LogP contribution in [0.4, 0.5) is 5.82 Å². The Bertz CT molecular complexity index is 537. The molecule has 1 aromatic heterocycles. The SMILES string of the molecule is CCC1(C(=O)Nc2cc(C#CCO)ccn2)CCCC1. The van der Waals surface area contributed by atoms with Crippen LogP contribution in [0.5, 0.6) is 0 Å². The van der Waals surface area contributed by atoms with Crippen molar-refractivity contribution in [3.8, 4) is 11.8 Å². The topological polar surface area (TPSA) is 62.2 Å². The smallest absolute Gasteiger partial charge is 0.231 e. The van der Waals surface area contributed by atoms with E-state index < -0.39 is 0 Å². The van der Waals surface area contributed by atoms with E-state index in [1.165, 1.54) is 0 Å². The molecule has 0 aliphatic heterocycles. The van der Waals surface area contributed by atoms with Crippen molar-refractivity contribution < 1.29 is 9.90 Å². The van der Waals surface area contributed by atoms with Gasteiger partial charge >= 0.3 is 0 Å². The summed E-state index contributed by atoms with van der Waals surface area (Å²) in [6, 6.07) is 3.49. The van der Waals surface area contributed by atoms with Crippen LogP contribution in [0.3, 0.4) is 0 Å². The van der Waals surface area contributed by atoms with E-state index in [4.69, 9.17) is 5.11 Å². The number of hydrogen-bond acceptors (Lipinski definition) is 3. The second-order valence-corrected chi connectivity index (χ2v) is 5.18. The van der Waals surface area contributed by atoms with Gasteiger partial charge in [0.25, 0.3) is 0 Å². The summed E-state index contributed by atoms with van der Waals surface area (Å²) in [5, 5.41) is 11.6. The van der Waals surface area contributed by atoms with Gasteiger partial charge in [-0.1, -0.05) is 31.6 Å². The lowest BCUT2D eigenvalue weighted by molar-refractivity contribution is -0.125. The van der Waals surface area contributed by atoms with Gasteiger partial charge in [0.2, 0.25) is 5.91 Å². The minimum Gasteiger partial charge on any atom is -0.384 e. The van der Waals surface area contributed by atoms with E-state index in [-0.39, 0.29) is 17.9 Å². The Morgan fingerprint density at radius 3 is 2.90 bits per heavy atom. The molecule has 0 aromatic carbocycles. The zero-order valence-corrected chi connectivity index (χ0v) is 11.8. The van der Waals surface area contributed by atoms with Gasteiger partial charge < -0.3 is 10.4 Å². The van der Waals surface area contributed by atoms with Crippen molar-refractivity contribution in [2.24, 2.45) is 5.41 Å². The minimum absolute atomic E-state index is 0.0669. The molecular weight excluding hydrogens is 252 g/mol. The van der Waals surface area contributed by atoms with Gasteiger partial charge in [0, 0.05) is 17.2 Å². The van der Waals surface area contributed by atoms with E-state index in [9.17, 15) is 4.79 Å². The van der Waals surface area contributed by atoms with Crippen molar-refractivity contribution in [3.05, 3.63) is 23.9 Å². The Kier molecular flexibility index (Phi) is 4.75. The van der Waals surface area contributed by atoms with E-state index in [2.05, 4.69) is 29.1 Å². The number of nitrogens with zero attached hydrogens (tertiary/aromatic N) is 1. The highest BCUT2D eigenvalue weighted by Crippen LogP contribution is 2.41. The van der Waals surface area contributed by atoms with Crippen molar-refractivity contribution in [2.75, 3.05) is 11.9 Å². The number of amides is 1. The van der Waals surface area contributed by atoms with E-state index >= 15 is 0 Å². The van der Waals surface area contributed by atoms with Gasteiger partial charge in [-0.25, -0.2) is 4.98 Å². The summed E-state index contributed by atoms with van der Waals surface area (Å²) < 4.78 is 0. The number of aromatic nitrogens is 1. The van der Waals surface area contributed by atoms with Gasteiger partial charge in [-0.05, 0) is 31.4 Å². The van der Waals surface area contributed by atoms with Crippen LogP contribution in [0.2, 0.25) is 0 Å². The molecule has 20 heavy (non-hydrogen) atoms. The van der Waals surface area contributed by atoms with Crippen molar-refractivity contribution in [1.82, 2.24) is 4.98 Å². The second-order valence-electron chi connectivity index (χ2n) is 5.18. The van der Waals surface area contributed by atoms with Gasteiger partial charge in [-0.3, -0.25) is 4.79 Å². The first kappa shape index (κ1) is 14.5. The van der Waals surface area contributed by atoms with Crippen LogP contribution in [-0.4, -0.2) is 22.6 Å². The van der Waals surface area contributed by atoms with Crippen LogP contribution >= 0.6 is 0 Å². The molecular formula is C16H20N2O2. The Labute approximate surface area is 119 Å². The average Bonchev–Trinajstić information content (AvgIpc) is 2.95. The third kappa shape index (κ3) is 3.17. The molecule has 0 bridgehead atoms. The molecule has 1 amide bonds. The van der Waals surface area contributed by atoms with Crippen LogP contribution in [0.25, 0.3) is 0 Å². The molecule has 0 saturated heterocycles. The van der Waals surface area contributed by atoms with E-state index in [0.29, 0.717) is 5.82 Å². The average molecular weight is 272 g/mol. The van der Waals surface area contributed by atoms with Gasteiger partial charge in [-0.2, -0.15) is 0 Å².